The van der Waals surface area contributed by atoms with E-state index in [0.29, 0.717) is 17.7 Å². The zero-order valence-corrected chi connectivity index (χ0v) is 18.5. The maximum absolute atomic E-state index is 12.5. The highest BCUT2D eigenvalue weighted by molar-refractivity contribution is 8.00. The zero-order valence-electron chi connectivity index (χ0n) is 16.8. The summed E-state index contributed by atoms with van der Waals surface area (Å²) in [6.45, 7) is 2.96. The molecular weight excluding hydrogens is 394 g/mol. The van der Waals surface area contributed by atoms with Crippen molar-refractivity contribution in [3.05, 3.63) is 18.2 Å². The second kappa shape index (κ2) is 8.97. The molecule has 6 nitrogen and oxygen atoms in total. The number of aryl methyl sites for hydroxylation is 1. The van der Waals surface area contributed by atoms with Crippen LogP contribution in [-0.2, 0) is 21.4 Å². The maximum Gasteiger partial charge on any atom is 0.242 e. The van der Waals surface area contributed by atoms with Crippen LogP contribution in [0.1, 0.15) is 51.9 Å². The summed E-state index contributed by atoms with van der Waals surface area (Å²) in [5.41, 5.74) is 1.59. The third kappa shape index (κ3) is 4.44. The van der Waals surface area contributed by atoms with E-state index in [0.717, 1.165) is 55.7 Å². The summed E-state index contributed by atoms with van der Waals surface area (Å²) in [6, 6.07) is 5.13. The monoisotopic (exact) mass is 423 g/mol. The Morgan fingerprint density at radius 1 is 1.25 bits per heavy atom. The number of fused-ring (bicyclic) bond motifs is 1. The molecular formula is C20H29N3O3S2. The molecule has 2 aromatic rings. The number of hydrogen-bond acceptors (Lipinski definition) is 5. The minimum Gasteiger partial charge on any atom is -0.319 e. The van der Waals surface area contributed by atoms with Crippen LogP contribution in [0.25, 0.3) is 11.0 Å². The van der Waals surface area contributed by atoms with Crippen molar-refractivity contribution in [3.8, 4) is 0 Å². The van der Waals surface area contributed by atoms with Crippen molar-refractivity contribution >= 4 is 38.6 Å². The fraction of sp³-hybridized carbons (Fsp3) is 0.600. The van der Waals surface area contributed by atoms with Gasteiger partial charge in [0.15, 0.2) is 5.16 Å². The van der Waals surface area contributed by atoms with Gasteiger partial charge in [-0.3, -0.25) is 4.79 Å². The highest BCUT2D eigenvalue weighted by atomic mass is 32.2. The zero-order chi connectivity index (χ0) is 20.3. The number of carbonyl (C=O) groups is 1. The fourth-order valence-electron chi connectivity index (χ4n) is 3.46. The summed E-state index contributed by atoms with van der Waals surface area (Å²) < 4.78 is 28.3. The normalized spacial score (nSPS) is 18.7. The van der Waals surface area contributed by atoms with Crippen LogP contribution in [0.3, 0.4) is 0 Å². The molecule has 28 heavy (non-hydrogen) atoms. The topological polar surface area (TPSA) is 72.3 Å². The van der Waals surface area contributed by atoms with Crippen molar-refractivity contribution in [3.63, 3.8) is 0 Å². The molecule has 1 fully saturated rings. The number of sulfonamides is 1. The minimum atomic E-state index is -3.51. The first-order valence-electron chi connectivity index (χ1n) is 9.96. The first-order chi connectivity index (χ1) is 13.3. The van der Waals surface area contributed by atoms with Crippen LogP contribution in [0.2, 0.25) is 0 Å². The Bertz CT molecular complexity index is 951. The third-order valence-electron chi connectivity index (χ3n) is 5.19. The molecule has 0 aliphatic heterocycles. The molecule has 1 aliphatic rings. The van der Waals surface area contributed by atoms with Crippen LogP contribution in [0.15, 0.2) is 28.3 Å². The summed E-state index contributed by atoms with van der Waals surface area (Å²) in [7, 11) is -0.454. The van der Waals surface area contributed by atoms with Crippen LogP contribution in [0.4, 0.5) is 0 Å². The van der Waals surface area contributed by atoms with Gasteiger partial charge in [0, 0.05) is 27.1 Å². The predicted molar refractivity (Wildman–Crippen MR) is 113 cm³/mol. The van der Waals surface area contributed by atoms with E-state index in [1.807, 2.05) is 6.07 Å². The lowest BCUT2D eigenvalue weighted by atomic mass is 10.2. The van der Waals surface area contributed by atoms with Gasteiger partial charge >= 0.3 is 0 Å². The van der Waals surface area contributed by atoms with E-state index in [1.165, 1.54) is 18.4 Å². The smallest absolute Gasteiger partial charge is 0.242 e. The largest absolute Gasteiger partial charge is 0.319 e. The van der Waals surface area contributed by atoms with Gasteiger partial charge in [-0.05, 0) is 37.5 Å². The molecule has 0 N–H and O–H groups in total. The lowest BCUT2D eigenvalue weighted by molar-refractivity contribution is -0.118. The third-order valence-corrected chi connectivity index (χ3v) is 8.31. The summed E-state index contributed by atoms with van der Waals surface area (Å²) in [5, 5.41) is 0.771. The first-order valence-corrected chi connectivity index (χ1v) is 12.3. The number of imidazole rings is 1. The van der Waals surface area contributed by atoms with E-state index in [9.17, 15) is 13.2 Å². The highest BCUT2D eigenvalue weighted by Crippen LogP contribution is 2.33. The molecule has 0 bridgehead atoms. The Hall–Kier alpha value is -1.38. The average molecular weight is 424 g/mol. The number of Topliss-reactive ketones (excluding diaryl/α,β-unsaturated/α-hetero) is 1. The van der Waals surface area contributed by atoms with Crippen LogP contribution >= 0.6 is 11.8 Å². The van der Waals surface area contributed by atoms with Crippen molar-refractivity contribution in [2.75, 3.05) is 14.1 Å². The number of carbonyl (C=O) groups excluding carboxylic acids is 1. The molecule has 0 radical (unpaired) electrons. The Kier molecular flexibility index (Phi) is 6.83. The van der Waals surface area contributed by atoms with Crippen molar-refractivity contribution in [2.45, 2.75) is 73.7 Å². The summed E-state index contributed by atoms with van der Waals surface area (Å²) in [5.74, 6) is 0.312. The molecule has 0 unspecified atom stereocenters. The Balaban J connectivity index is 2.01. The second-order valence-electron chi connectivity index (χ2n) is 7.51. The number of rotatable bonds is 7. The molecule has 154 valence electrons. The standard InChI is InChI=1S/C20H29N3O3S2/c1-4-5-13-23-17-12-11-15(28(25,26)22(2)3)14-16(17)21-20(23)27-19-10-8-6-7-9-18(19)24/h11-12,14,19H,4-10,13H2,1-3H3/t19-/m0/s1. The van der Waals surface area contributed by atoms with Crippen molar-refractivity contribution < 1.29 is 13.2 Å². The number of aromatic nitrogens is 2. The number of unbranched alkanes of at least 4 members (excludes halogenated alkanes) is 1. The molecule has 0 spiro atoms. The highest BCUT2D eigenvalue weighted by Gasteiger charge is 2.25. The van der Waals surface area contributed by atoms with E-state index < -0.39 is 10.0 Å². The van der Waals surface area contributed by atoms with Gasteiger partial charge in [0.1, 0.15) is 5.78 Å². The predicted octanol–water partition coefficient (Wildman–Crippen LogP) is 4.08. The molecule has 1 aliphatic carbocycles. The number of ketones is 1. The molecule has 1 aromatic carbocycles. The number of thioether (sulfide) groups is 1. The Morgan fingerprint density at radius 2 is 2.04 bits per heavy atom. The van der Waals surface area contributed by atoms with E-state index in [4.69, 9.17) is 4.98 Å². The Morgan fingerprint density at radius 3 is 2.75 bits per heavy atom. The molecule has 1 heterocycles. The molecule has 8 heteroatoms. The molecule has 3 rings (SSSR count). The van der Waals surface area contributed by atoms with Gasteiger partial charge in [0.05, 0.1) is 21.2 Å². The number of hydrogen-bond donors (Lipinski definition) is 0. The van der Waals surface area contributed by atoms with Crippen LogP contribution in [-0.4, -0.2) is 47.4 Å². The summed E-state index contributed by atoms with van der Waals surface area (Å²) >= 11 is 1.55. The van der Waals surface area contributed by atoms with Crippen molar-refractivity contribution in [1.82, 2.24) is 13.9 Å². The van der Waals surface area contributed by atoms with Gasteiger partial charge in [-0.1, -0.05) is 37.9 Å². The molecule has 1 atom stereocenters. The second-order valence-corrected chi connectivity index (χ2v) is 10.8. The van der Waals surface area contributed by atoms with Crippen LogP contribution < -0.4 is 0 Å². The molecule has 1 saturated carbocycles. The average Bonchev–Trinajstić information content (AvgIpc) is 2.87. The quantitative estimate of drug-likeness (QED) is 0.628. The van der Waals surface area contributed by atoms with Gasteiger partial charge in [0.25, 0.3) is 0 Å². The lowest BCUT2D eigenvalue weighted by Gasteiger charge is -2.14. The van der Waals surface area contributed by atoms with E-state index in [1.54, 1.807) is 23.9 Å². The van der Waals surface area contributed by atoms with E-state index >= 15 is 0 Å². The van der Waals surface area contributed by atoms with Crippen molar-refractivity contribution in [1.29, 1.82) is 0 Å². The van der Waals surface area contributed by atoms with Crippen LogP contribution in [0.5, 0.6) is 0 Å². The van der Waals surface area contributed by atoms with Gasteiger partial charge in [-0.15, -0.1) is 0 Å². The number of nitrogens with zero attached hydrogens (tertiary/aromatic N) is 3. The van der Waals surface area contributed by atoms with Gasteiger partial charge in [-0.25, -0.2) is 17.7 Å². The number of benzene rings is 1. The summed E-state index contributed by atoms with van der Waals surface area (Å²) in [4.78, 5) is 17.5. The molecule has 0 saturated heterocycles. The van der Waals surface area contributed by atoms with Crippen molar-refractivity contribution in [2.24, 2.45) is 0 Å². The van der Waals surface area contributed by atoms with Crippen LogP contribution in [0, 0.1) is 0 Å². The SMILES string of the molecule is CCCCn1c(S[C@H]2CCCCCC2=O)nc2cc(S(=O)(=O)N(C)C)ccc21. The van der Waals surface area contributed by atoms with Gasteiger partial charge < -0.3 is 4.57 Å². The molecule has 0 amide bonds. The Labute approximate surface area is 171 Å². The maximum atomic E-state index is 12.5. The van der Waals surface area contributed by atoms with E-state index in [-0.39, 0.29) is 10.1 Å². The van der Waals surface area contributed by atoms with Gasteiger partial charge in [-0.2, -0.15) is 0 Å². The fourth-order valence-corrected chi connectivity index (χ4v) is 5.64. The lowest BCUT2D eigenvalue weighted by Crippen LogP contribution is -2.22. The summed E-state index contributed by atoms with van der Waals surface area (Å²) in [6.07, 6.45) is 6.77. The first kappa shape index (κ1) is 21.3. The molecule has 1 aromatic heterocycles. The minimum absolute atomic E-state index is 0.0512. The van der Waals surface area contributed by atoms with E-state index in [2.05, 4.69) is 11.5 Å². The van der Waals surface area contributed by atoms with Gasteiger partial charge in [0.2, 0.25) is 10.0 Å².